The molecule has 2 atom stereocenters. The van der Waals surface area contributed by atoms with Gasteiger partial charge in [0.25, 0.3) is 0 Å². The van der Waals surface area contributed by atoms with Gasteiger partial charge in [0.1, 0.15) is 0 Å². The maximum Gasteiger partial charge on any atom is 0.308 e. The summed E-state index contributed by atoms with van der Waals surface area (Å²) in [5.74, 6) is -1.22. The van der Waals surface area contributed by atoms with Gasteiger partial charge in [-0.1, -0.05) is 11.6 Å². The van der Waals surface area contributed by atoms with Gasteiger partial charge in [-0.3, -0.25) is 4.79 Å². The molecule has 1 aromatic carbocycles. The van der Waals surface area contributed by atoms with Crippen LogP contribution in [0.25, 0.3) is 0 Å². The predicted molar refractivity (Wildman–Crippen MR) is 82.3 cm³/mol. The van der Waals surface area contributed by atoms with Crippen molar-refractivity contribution in [2.24, 2.45) is 17.8 Å². The van der Waals surface area contributed by atoms with Crippen LogP contribution in [0.2, 0.25) is 5.02 Å². The third kappa shape index (κ3) is 2.75. The van der Waals surface area contributed by atoms with Crippen molar-refractivity contribution < 1.29 is 18.3 Å². The van der Waals surface area contributed by atoms with Gasteiger partial charge >= 0.3 is 5.97 Å². The number of benzene rings is 1. The molecule has 1 N–H and O–H groups in total. The lowest BCUT2D eigenvalue weighted by Crippen LogP contribution is -2.30. The molecule has 2 fully saturated rings. The first-order chi connectivity index (χ1) is 10.3. The van der Waals surface area contributed by atoms with Crippen molar-refractivity contribution in [2.75, 3.05) is 13.1 Å². The van der Waals surface area contributed by atoms with E-state index in [1.165, 1.54) is 16.4 Å². The summed E-state index contributed by atoms with van der Waals surface area (Å²) in [5, 5.41) is 9.87. The number of carboxylic acids is 1. The van der Waals surface area contributed by atoms with E-state index in [4.69, 9.17) is 11.6 Å². The topological polar surface area (TPSA) is 74.7 Å². The number of rotatable bonds is 4. The summed E-state index contributed by atoms with van der Waals surface area (Å²) >= 11 is 5.94. The molecule has 1 aliphatic heterocycles. The van der Waals surface area contributed by atoms with Gasteiger partial charge in [0.2, 0.25) is 10.0 Å². The van der Waals surface area contributed by atoms with Crippen molar-refractivity contribution in [1.82, 2.24) is 4.31 Å². The molecule has 1 aromatic rings. The molecule has 0 amide bonds. The molecule has 7 heteroatoms. The van der Waals surface area contributed by atoms with E-state index in [-0.39, 0.29) is 17.4 Å². The van der Waals surface area contributed by atoms with E-state index in [0.717, 1.165) is 12.8 Å². The molecule has 2 aliphatic rings. The van der Waals surface area contributed by atoms with Gasteiger partial charge in [-0.15, -0.1) is 0 Å². The van der Waals surface area contributed by atoms with E-state index in [9.17, 15) is 18.3 Å². The zero-order valence-electron chi connectivity index (χ0n) is 12.2. The number of aryl methyl sites for hydroxylation is 1. The molecule has 22 heavy (non-hydrogen) atoms. The second-order valence-electron chi connectivity index (χ2n) is 6.18. The van der Waals surface area contributed by atoms with Crippen molar-refractivity contribution in [3.8, 4) is 0 Å². The number of nitrogens with zero attached hydrogens (tertiary/aromatic N) is 1. The fraction of sp³-hybridized carbons (Fsp3) is 0.533. The molecule has 1 saturated heterocycles. The highest BCUT2D eigenvalue weighted by atomic mass is 35.5. The molecular formula is C15H18ClNO4S. The summed E-state index contributed by atoms with van der Waals surface area (Å²) in [6.45, 7) is 2.10. The van der Waals surface area contributed by atoms with Crippen LogP contribution in [0.15, 0.2) is 23.1 Å². The SMILES string of the molecule is Cc1cc(S(=O)(=O)N2C[C@@H](C(=O)O)[C@H](C3CC3)C2)ccc1Cl. The summed E-state index contributed by atoms with van der Waals surface area (Å²) in [6.07, 6.45) is 2.00. The van der Waals surface area contributed by atoms with Crippen molar-refractivity contribution in [2.45, 2.75) is 24.7 Å². The third-order valence-electron chi connectivity index (χ3n) is 4.64. The summed E-state index contributed by atoms with van der Waals surface area (Å²) in [7, 11) is -3.67. The van der Waals surface area contributed by atoms with Gasteiger partial charge in [0.15, 0.2) is 0 Å². The molecule has 0 aromatic heterocycles. The molecule has 0 bridgehead atoms. The van der Waals surface area contributed by atoms with Crippen LogP contribution in [0.4, 0.5) is 0 Å². The Kier molecular flexibility index (Phi) is 3.95. The zero-order chi connectivity index (χ0) is 16.1. The van der Waals surface area contributed by atoms with Crippen LogP contribution in [0.3, 0.4) is 0 Å². The Morgan fingerprint density at radius 1 is 1.32 bits per heavy atom. The number of hydrogen-bond donors (Lipinski definition) is 1. The summed E-state index contributed by atoms with van der Waals surface area (Å²) in [4.78, 5) is 11.6. The van der Waals surface area contributed by atoms with Crippen LogP contribution in [0.5, 0.6) is 0 Å². The van der Waals surface area contributed by atoms with Crippen LogP contribution >= 0.6 is 11.6 Å². The average Bonchev–Trinajstić information content (AvgIpc) is 3.19. The molecule has 0 unspecified atom stereocenters. The standard InChI is InChI=1S/C15H18ClNO4S/c1-9-6-11(4-5-14(9)16)22(20,21)17-7-12(10-2-3-10)13(8-17)15(18)19/h4-6,10,12-13H,2-3,7-8H2,1H3,(H,18,19)/t12-,13+/m0/s1. The fourth-order valence-electron chi connectivity index (χ4n) is 3.18. The molecule has 1 saturated carbocycles. The second-order valence-corrected chi connectivity index (χ2v) is 8.52. The first kappa shape index (κ1) is 15.8. The van der Waals surface area contributed by atoms with Gasteiger partial charge in [-0.05, 0) is 55.4 Å². The summed E-state index contributed by atoms with van der Waals surface area (Å²) in [5.41, 5.74) is 0.690. The molecule has 120 valence electrons. The van der Waals surface area contributed by atoms with Crippen LogP contribution in [-0.2, 0) is 14.8 Å². The Hall–Kier alpha value is -1.11. The van der Waals surface area contributed by atoms with Crippen LogP contribution in [-0.4, -0.2) is 36.9 Å². The Balaban J connectivity index is 1.89. The van der Waals surface area contributed by atoms with Gasteiger partial charge < -0.3 is 5.11 Å². The first-order valence-electron chi connectivity index (χ1n) is 7.30. The number of halogens is 1. The highest BCUT2D eigenvalue weighted by molar-refractivity contribution is 7.89. The van der Waals surface area contributed by atoms with Gasteiger partial charge in [-0.25, -0.2) is 8.42 Å². The third-order valence-corrected chi connectivity index (χ3v) is 6.90. The monoisotopic (exact) mass is 343 g/mol. The van der Waals surface area contributed by atoms with Crippen LogP contribution in [0, 0.1) is 24.7 Å². The quantitative estimate of drug-likeness (QED) is 0.910. The largest absolute Gasteiger partial charge is 0.481 e. The van der Waals surface area contributed by atoms with Crippen LogP contribution in [0.1, 0.15) is 18.4 Å². The zero-order valence-corrected chi connectivity index (χ0v) is 13.8. The highest BCUT2D eigenvalue weighted by Gasteiger charge is 2.48. The molecule has 1 aliphatic carbocycles. The Bertz CT molecular complexity index is 714. The molecule has 0 spiro atoms. The number of aliphatic carboxylic acids is 1. The minimum Gasteiger partial charge on any atom is -0.481 e. The Morgan fingerprint density at radius 2 is 2.00 bits per heavy atom. The summed E-state index contributed by atoms with van der Waals surface area (Å²) in [6, 6.07) is 4.58. The summed E-state index contributed by atoms with van der Waals surface area (Å²) < 4.78 is 26.8. The molecule has 5 nitrogen and oxygen atoms in total. The van der Waals surface area contributed by atoms with Crippen LogP contribution < -0.4 is 0 Å². The average molecular weight is 344 g/mol. The van der Waals surface area contributed by atoms with Crippen molar-refractivity contribution in [3.05, 3.63) is 28.8 Å². The van der Waals surface area contributed by atoms with E-state index < -0.39 is 21.9 Å². The van der Waals surface area contributed by atoms with Gasteiger partial charge in [0.05, 0.1) is 10.8 Å². The lowest BCUT2D eigenvalue weighted by atomic mass is 9.92. The molecular weight excluding hydrogens is 326 g/mol. The Labute approximate surface area is 134 Å². The minimum atomic E-state index is -3.67. The predicted octanol–water partition coefficient (Wildman–Crippen LogP) is 2.38. The van der Waals surface area contributed by atoms with E-state index in [1.807, 2.05) is 0 Å². The van der Waals surface area contributed by atoms with E-state index in [0.29, 0.717) is 23.0 Å². The van der Waals surface area contributed by atoms with E-state index in [2.05, 4.69) is 0 Å². The van der Waals surface area contributed by atoms with Crippen molar-refractivity contribution in [3.63, 3.8) is 0 Å². The molecule has 3 rings (SSSR count). The second kappa shape index (κ2) is 5.51. The lowest BCUT2D eigenvalue weighted by Gasteiger charge is -2.17. The van der Waals surface area contributed by atoms with Gasteiger partial charge in [0, 0.05) is 18.1 Å². The maximum atomic E-state index is 12.7. The smallest absolute Gasteiger partial charge is 0.308 e. The maximum absolute atomic E-state index is 12.7. The number of hydrogen-bond acceptors (Lipinski definition) is 3. The van der Waals surface area contributed by atoms with E-state index >= 15 is 0 Å². The Morgan fingerprint density at radius 3 is 2.55 bits per heavy atom. The number of carbonyl (C=O) groups is 1. The molecule has 1 heterocycles. The minimum absolute atomic E-state index is 0.0561. The highest BCUT2D eigenvalue weighted by Crippen LogP contribution is 2.45. The van der Waals surface area contributed by atoms with Crippen molar-refractivity contribution in [1.29, 1.82) is 0 Å². The van der Waals surface area contributed by atoms with E-state index in [1.54, 1.807) is 13.0 Å². The lowest BCUT2D eigenvalue weighted by molar-refractivity contribution is -0.142. The normalized spacial score (nSPS) is 26.3. The number of sulfonamides is 1. The fourth-order valence-corrected chi connectivity index (χ4v) is 4.88. The number of carboxylic acid groups (broad SMARTS) is 1. The van der Waals surface area contributed by atoms with Gasteiger partial charge in [-0.2, -0.15) is 4.31 Å². The first-order valence-corrected chi connectivity index (χ1v) is 9.11. The van der Waals surface area contributed by atoms with Crippen molar-refractivity contribution >= 4 is 27.6 Å². The molecule has 0 radical (unpaired) electrons.